The molecule has 0 spiro atoms. The van der Waals surface area contributed by atoms with E-state index in [0.29, 0.717) is 16.8 Å². The molecule has 0 atom stereocenters. The van der Waals surface area contributed by atoms with Gasteiger partial charge in [-0.2, -0.15) is 0 Å². The highest BCUT2D eigenvalue weighted by atomic mass is 16.5. The number of carbonyl (C=O) groups is 2. The fourth-order valence-electron chi connectivity index (χ4n) is 2.61. The number of rotatable bonds is 5. The molecule has 9 heteroatoms. The summed E-state index contributed by atoms with van der Waals surface area (Å²) in [6.45, 7) is -0.508. The largest absolute Gasteiger partial charge is 0.452 e. The number of nitrogens with zero attached hydrogens (tertiary/aromatic N) is 2. The number of nitrogens with one attached hydrogen (secondary N) is 2. The summed E-state index contributed by atoms with van der Waals surface area (Å²) < 4.78 is 11.4. The number of aromatic nitrogens is 3. The first kappa shape index (κ1) is 17.3. The number of benzene rings is 2. The number of H-pyrrole nitrogens is 1. The minimum Gasteiger partial charge on any atom is -0.452 e. The summed E-state index contributed by atoms with van der Waals surface area (Å²) >= 11 is 0. The highest BCUT2D eigenvalue weighted by Crippen LogP contribution is 2.15. The number of esters is 1. The molecule has 9 nitrogen and oxygen atoms in total. The second kappa shape index (κ2) is 7.23. The van der Waals surface area contributed by atoms with E-state index >= 15 is 0 Å². The third-order valence-corrected chi connectivity index (χ3v) is 3.91. The van der Waals surface area contributed by atoms with Crippen LogP contribution >= 0.6 is 0 Å². The average molecular weight is 378 g/mol. The molecule has 0 aliphatic heterocycles. The maximum atomic E-state index is 12.1. The Labute approximate surface area is 157 Å². The first-order valence-electron chi connectivity index (χ1n) is 8.28. The summed E-state index contributed by atoms with van der Waals surface area (Å²) in [6, 6.07) is 14.8. The number of oxazole rings is 1. The van der Waals surface area contributed by atoms with Crippen LogP contribution in [0.1, 0.15) is 10.4 Å². The average Bonchev–Trinajstić information content (AvgIpc) is 3.32. The first-order chi connectivity index (χ1) is 13.6. The van der Waals surface area contributed by atoms with Crippen LogP contribution in [0.4, 0.5) is 5.82 Å². The van der Waals surface area contributed by atoms with Gasteiger partial charge >= 0.3 is 5.97 Å². The van der Waals surface area contributed by atoms with Gasteiger partial charge in [0.2, 0.25) is 0 Å². The fourth-order valence-corrected chi connectivity index (χ4v) is 2.61. The number of hydrogen-bond donors (Lipinski definition) is 2. The second-order valence-electron chi connectivity index (χ2n) is 5.84. The lowest BCUT2D eigenvalue weighted by atomic mass is 10.2. The number of ether oxygens (including phenoxy) is 1. The Morgan fingerprint density at radius 1 is 1.14 bits per heavy atom. The van der Waals surface area contributed by atoms with Crippen molar-refractivity contribution in [3.8, 4) is 5.69 Å². The molecule has 0 radical (unpaired) electrons. The van der Waals surface area contributed by atoms with E-state index in [1.54, 1.807) is 30.3 Å². The quantitative estimate of drug-likeness (QED) is 0.513. The van der Waals surface area contributed by atoms with Crippen molar-refractivity contribution >= 4 is 28.8 Å². The molecule has 0 aliphatic rings. The number of anilines is 1. The summed E-state index contributed by atoms with van der Waals surface area (Å²) in [7, 11) is 0. The monoisotopic (exact) mass is 378 g/mol. The zero-order valence-corrected chi connectivity index (χ0v) is 14.4. The van der Waals surface area contributed by atoms with Gasteiger partial charge in [0, 0.05) is 6.07 Å². The highest BCUT2D eigenvalue weighted by molar-refractivity contribution is 5.96. The van der Waals surface area contributed by atoms with Gasteiger partial charge in [-0.25, -0.2) is 14.5 Å². The lowest BCUT2D eigenvalue weighted by Gasteiger charge is -2.05. The number of fused-ring (bicyclic) bond motifs is 1. The van der Waals surface area contributed by atoms with Crippen molar-refractivity contribution < 1.29 is 18.7 Å². The molecule has 1 amide bonds. The lowest BCUT2D eigenvalue weighted by Crippen LogP contribution is -2.21. The smallest absolute Gasteiger partial charge is 0.338 e. The molecule has 2 N–H and O–H groups in total. The molecule has 0 aliphatic carbocycles. The van der Waals surface area contributed by atoms with E-state index in [0.717, 1.165) is 0 Å². The van der Waals surface area contributed by atoms with Crippen LogP contribution in [0.25, 0.3) is 16.8 Å². The van der Waals surface area contributed by atoms with Crippen molar-refractivity contribution in [1.29, 1.82) is 0 Å². The standard InChI is InChI=1S/C19H14N4O5/c24-17(10-27-19(26)12-6-7-14-15(8-12)28-11-20-14)21-16-9-18(25)23(22-16)13-4-2-1-3-5-13/h1-9,11,22H,10H2,(H,21,24). The summed E-state index contributed by atoms with van der Waals surface area (Å²) in [6.07, 6.45) is 1.27. The molecule has 0 saturated carbocycles. The Morgan fingerprint density at radius 2 is 1.96 bits per heavy atom. The zero-order valence-electron chi connectivity index (χ0n) is 14.4. The Bertz CT molecular complexity index is 1210. The molecule has 4 rings (SSSR count). The Morgan fingerprint density at radius 3 is 2.79 bits per heavy atom. The molecule has 2 heterocycles. The van der Waals surface area contributed by atoms with Crippen LogP contribution in [0.3, 0.4) is 0 Å². The van der Waals surface area contributed by atoms with Crippen molar-refractivity contribution in [2.24, 2.45) is 0 Å². The molecule has 4 aromatic rings. The lowest BCUT2D eigenvalue weighted by molar-refractivity contribution is -0.119. The second-order valence-corrected chi connectivity index (χ2v) is 5.84. The number of para-hydroxylation sites is 1. The minimum atomic E-state index is -0.677. The molecule has 0 fully saturated rings. The van der Waals surface area contributed by atoms with Crippen LogP contribution in [-0.4, -0.2) is 33.2 Å². The predicted molar refractivity (Wildman–Crippen MR) is 99.3 cm³/mol. The molecule has 0 bridgehead atoms. The van der Waals surface area contributed by atoms with E-state index in [4.69, 9.17) is 9.15 Å². The van der Waals surface area contributed by atoms with E-state index < -0.39 is 18.5 Å². The minimum absolute atomic E-state index is 0.193. The van der Waals surface area contributed by atoms with Crippen molar-refractivity contribution in [3.05, 3.63) is 76.9 Å². The summed E-state index contributed by atoms with van der Waals surface area (Å²) in [5.41, 5.74) is 1.58. The molecule has 0 saturated heterocycles. The summed E-state index contributed by atoms with van der Waals surface area (Å²) in [4.78, 5) is 40.1. The number of amides is 1. The van der Waals surface area contributed by atoms with Crippen LogP contribution in [0.5, 0.6) is 0 Å². The third kappa shape index (κ3) is 3.54. The van der Waals surface area contributed by atoms with Gasteiger partial charge in [-0.15, -0.1) is 0 Å². The molecular formula is C19H14N4O5. The van der Waals surface area contributed by atoms with E-state index in [2.05, 4.69) is 15.4 Å². The molecular weight excluding hydrogens is 364 g/mol. The predicted octanol–water partition coefficient (Wildman–Crippen LogP) is 2.10. The van der Waals surface area contributed by atoms with Gasteiger partial charge in [0.1, 0.15) is 11.3 Å². The molecule has 2 aromatic carbocycles. The van der Waals surface area contributed by atoms with Gasteiger partial charge in [-0.3, -0.25) is 14.7 Å². The van der Waals surface area contributed by atoms with Crippen LogP contribution in [0, 0.1) is 0 Å². The van der Waals surface area contributed by atoms with Gasteiger partial charge in [-0.05, 0) is 30.3 Å². The zero-order chi connectivity index (χ0) is 19.5. The number of hydrogen-bond acceptors (Lipinski definition) is 6. The maximum Gasteiger partial charge on any atom is 0.338 e. The fraction of sp³-hybridized carbons (Fsp3) is 0.0526. The Hall–Kier alpha value is -4.14. The van der Waals surface area contributed by atoms with Gasteiger partial charge in [-0.1, -0.05) is 18.2 Å². The van der Waals surface area contributed by atoms with E-state index in [9.17, 15) is 14.4 Å². The van der Waals surface area contributed by atoms with E-state index in [1.165, 1.54) is 29.3 Å². The molecule has 2 aromatic heterocycles. The number of aromatic amines is 1. The van der Waals surface area contributed by atoms with E-state index in [1.807, 2.05) is 6.07 Å². The van der Waals surface area contributed by atoms with Gasteiger partial charge in [0.25, 0.3) is 11.5 Å². The molecule has 140 valence electrons. The van der Waals surface area contributed by atoms with Crippen molar-refractivity contribution in [3.63, 3.8) is 0 Å². The normalized spacial score (nSPS) is 10.7. The van der Waals surface area contributed by atoms with Crippen LogP contribution in [0.2, 0.25) is 0 Å². The highest BCUT2D eigenvalue weighted by Gasteiger charge is 2.13. The summed E-state index contributed by atoms with van der Waals surface area (Å²) in [5.74, 6) is -1.07. The van der Waals surface area contributed by atoms with E-state index in [-0.39, 0.29) is 16.9 Å². The summed E-state index contributed by atoms with van der Waals surface area (Å²) in [5, 5.41) is 5.26. The third-order valence-electron chi connectivity index (χ3n) is 3.91. The Kier molecular flexibility index (Phi) is 4.47. The number of carbonyl (C=O) groups excluding carboxylic acids is 2. The maximum absolute atomic E-state index is 12.1. The van der Waals surface area contributed by atoms with Crippen LogP contribution in [-0.2, 0) is 9.53 Å². The topological polar surface area (TPSA) is 119 Å². The SMILES string of the molecule is O=C(COC(=O)c1ccc2ncoc2c1)Nc1cc(=O)n(-c2ccccc2)[nH]1. The molecule has 0 unspecified atom stereocenters. The van der Waals surface area contributed by atoms with Gasteiger partial charge in [0.15, 0.2) is 18.6 Å². The van der Waals surface area contributed by atoms with Crippen molar-refractivity contribution in [1.82, 2.24) is 14.8 Å². The van der Waals surface area contributed by atoms with Crippen molar-refractivity contribution in [2.75, 3.05) is 11.9 Å². The Balaban J connectivity index is 1.38. The van der Waals surface area contributed by atoms with Crippen LogP contribution in [0.15, 0.2) is 70.2 Å². The van der Waals surface area contributed by atoms with Crippen molar-refractivity contribution in [2.45, 2.75) is 0 Å². The van der Waals surface area contributed by atoms with Gasteiger partial charge < -0.3 is 14.5 Å². The molecule has 28 heavy (non-hydrogen) atoms. The van der Waals surface area contributed by atoms with Crippen LogP contribution < -0.4 is 10.9 Å². The first-order valence-corrected chi connectivity index (χ1v) is 8.28. The van der Waals surface area contributed by atoms with Gasteiger partial charge in [0.05, 0.1) is 11.3 Å².